The highest BCUT2D eigenvalue weighted by Crippen LogP contribution is 2.26. The quantitative estimate of drug-likeness (QED) is 0.665. The Morgan fingerprint density at radius 2 is 2.31 bits per heavy atom. The van der Waals surface area contributed by atoms with Crippen molar-refractivity contribution in [3.63, 3.8) is 0 Å². The molecule has 1 rings (SSSR count). The summed E-state index contributed by atoms with van der Waals surface area (Å²) < 4.78 is 10.9. The van der Waals surface area contributed by atoms with Crippen LogP contribution in [0.2, 0.25) is 0 Å². The average Bonchev–Trinajstić information content (AvgIpc) is 2.15. The molecule has 0 amide bonds. The van der Waals surface area contributed by atoms with Crippen molar-refractivity contribution in [3.05, 3.63) is 23.7 Å². The molecule has 2 heteroatoms. The molecule has 1 unspecified atom stereocenters. The van der Waals surface area contributed by atoms with E-state index < -0.39 is 0 Å². The highest BCUT2D eigenvalue weighted by atomic mass is 16.5. The maximum Gasteiger partial charge on any atom is 0.156 e. The van der Waals surface area contributed by atoms with E-state index in [9.17, 15) is 0 Å². The molecule has 0 aromatic carbocycles. The summed E-state index contributed by atoms with van der Waals surface area (Å²) in [7, 11) is 1.69. The van der Waals surface area contributed by atoms with Gasteiger partial charge in [-0.2, -0.15) is 0 Å². The van der Waals surface area contributed by atoms with Gasteiger partial charge in [0, 0.05) is 5.92 Å². The Bertz CT molecular complexity index is 216. The molecule has 0 N–H and O–H groups in total. The summed E-state index contributed by atoms with van der Waals surface area (Å²) >= 11 is 0. The summed E-state index contributed by atoms with van der Waals surface area (Å²) in [5.74, 6) is 2.34. The minimum Gasteiger partial charge on any atom is -0.494 e. The van der Waals surface area contributed by atoms with E-state index >= 15 is 0 Å². The topological polar surface area (TPSA) is 18.5 Å². The van der Waals surface area contributed by atoms with Gasteiger partial charge in [0.1, 0.15) is 5.76 Å². The zero-order valence-corrected chi connectivity index (χ0v) is 8.67. The lowest BCUT2D eigenvalue weighted by atomic mass is 10.00. The molecule has 1 atom stereocenters. The average molecular weight is 182 g/mol. The highest BCUT2D eigenvalue weighted by molar-refractivity contribution is 5.22. The minimum absolute atomic E-state index is 0.450. The molecule has 0 heterocycles. The van der Waals surface area contributed by atoms with Gasteiger partial charge < -0.3 is 9.47 Å². The van der Waals surface area contributed by atoms with Gasteiger partial charge in [-0.05, 0) is 18.9 Å². The fraction of sp³-hybridized carbons (Fsp3) is 0.636. The van der Waals surface area contributed by atoms with Crippen molar-refractivity contribution in [2.24, 2.45) is 5.92 Å². The molecule has 0 aromatic rings. The third-order valence-corrected chi connectivity index (χ3v) is 2.13. The summed E-state index contributed by atoms with van der Waals surface area (Å²) in [4.78, 5) is 0. The molecule has 0 aliphatic heterocycles. The van der Waals surface area contributed by atoms with Crippen molar-refractivity contribution in [3.8, 4) is 0 Å². The van der Waals surface area contributed by atoms with Gasteiger partial charge in [-0.3, -0.25) is 0 Å². The number of hydrogen-bond donors (Lipinski definition) is 0. The van der Waals surface area contributed by atoms with Crippen molar-refractivity contribution in [1.29, 1.82) is 0 Å². The predicted molar refractivity (Wildman–Crippen MR) is 53.2 cm³/mol. The van der Waals surface area contributed by atoms with Crippen LogP contribution in [-0.4, -0.2) is 13.7 Å². The van der Waals surface area contributed by atoms with Gasteiger partial charge in [0.25, 0.3) is 0 Å². The predicted octanol–water partition coefficient (Wildman–Crippen LogP) is 2.87. The lowest BCUT2D eigenvalue weighted by molar-refractivity contribution is 0.151. The van der Waals surface area contributed by atoms with Gasteiger partial charge in [-0.15, -0.1) is 0 Å². The molecule has 0 bridgehead atoms. The van der Waals surface area contributed by atoms with Crippen molar-refractivity contribution in [2.45, 2.75) is 26.7 Å². The lowest BCUT2D eigenvalue weighted by Gasteiger charge is -2.21. The normalized spacial score (nSPS) is 21.9. The van der Waals surface area contributed by atoms with Gasteiger partial charge in [-0.25, -0.2) is 0 Å². The summed E-state index contributed by atoms with van der Waals surface area (Å²) in [5, 5.41) is 0. The maximum absolute atomic E-state index is 5.65. The summed E-state index contributed by atoms with van der Waals surface area (Å²) in [5.41, 5.74) is 0. The van der Waals surface area contributed by atoms with Crippen LogP contribution in [0, 0.1) is 5.92 Å². The van der Waals surface area contributed by atoms with E-state index in [1.807, 2.05) is 6.08 Å². The zero-order valence-electron chi connectivity index (χ0n) is 8.67. The number of hydrogen-bond acceptors (Lipinski definition) is 2. The summed E-state index contributed by atoms with van der Waals surface area (Å²) in [6.45, 7) is 5.05. The van der Waals surface area contributed by atoms with Gasteiger partial charge >= 0.3 is 0 Å². The lowest BCUT2D eigenvalue weighted by Crippen LogP contribution is -2.10. The molecule has 0 radical (unpaired) electrons. The Hall–Kier alpha value is -0.920. The van der Waals surface area contributed by atoms with Crippen molar-refractivity contribution >= 4 is 0 Å². The Morgan fingerprint density at radius 1 is 1.54 bits per heavy atom. The van der Waals surface area contributed by atoms with Crippen molar-refractivity contribution < 1.29 is 9.47 Å². The fourth-order valence-corrected chi connectivity index (χ4v) is 1.41. The largest absolute Gasteiger partial charge is 0.494 e. The number of ether oxygens (including phenoxy) is 2. The van der Waals surface area contributed by atoms with Crippen LogP contribution in [0.3, 0.4) is 0 Å². The number of methoxy groups -OCH3 is 1. The molecule has 2 nitrogen and oxygen atoms in total. The van der Waals surface area contributed by atoms with Crippen LogP contribution in [0.15, 0.2) is 23.7 Å². The summed E-state index contributed by atoms with van der Waals surface area (Å²) in [6.07, 6.45) is 6.20. The smallest absolute Gasteiger partial charge is 0.156 e. The Morgan fingerprint density at radius 3 is 2.92 bits per heavy atom. The fourth-order valence-electron chi connectivity index (χ4n) is 1.41. The number of rotatable bonds is 4. The second kappa shape index (κ2) is 4.95. The Labute approximate surface area is 80.2 Å². The first-order chi connectivity index (χ1) is 6.29. The third-order valence-electron chi connectivity index (χ3n) is 2.13. The second-order valence-corrected chi connectivity index (χ2v) is 3.32. The van der Waals surface area contributed by atoms with Crippen LogP contribution in [-0.2, 0) is 9.47 Å². The second-order valence-electron chi connectivity index (χ2n) is 3.32. The molecule has 1 aliphatic rings. The molecule has 0 aromatic heterocycles. The van der Waals surface area contributed by atoms with E-state index in [1.54, 1.807) is 7.11 Å². The molecule has 13 heavy (non-hydrogen) atoms. The van der Waals surface area contributed by atoms with Crippen molar-refractivity contribution in [2.75, 3.05) is 13.7 Å². The maximum atomic E-state index is 5.65. The SMILES string of the molecule is CCCOC1=C(OC)C=CCC1C. The Kier molecular flexibility index (Phi) is 3.87. The van der Waals surface area contributed by atoms with Gasteiger partial charge in [0.2, 0.25) is 0 Å². The minimum atomic E-state index is 0.450. The van der Waals surface area contributed by atoms with E-state index in [1.165, 1.54) is 0 Å². The molecule has 74 valence electrons. The van der Waals surface area contributed by atoms with Crippen LogP contribution < -0.4 is 0 Å². The molecule has 0 spiro atoms. The highest BCUT2D eigenvalue weighted by Gasteiger charge is 2.17. The van der Waals surface area contributed by atoms with E-state index in [-0.39, 0.29) is 0 Å². The van der Waals surface area contributed by atoms with Crippen molar-refractivity contribution in [1.82, 2.24) is 0 Å². The number of allylic oxidation sites excluding steroid dienone is 3. The van der Waals surface area contributed by atoms with Gasteiger partial charge in [0.05, 0.1) is 13.7 Å². The van der Waals surface area contributed by atoms with Gasteiger partial charge in [-0.1, -0.05) is 19.9 Å². The Balaban J connectivity index is 2.69. The molecular formula is C11H18O2. The standard InChI is InChI=1S/C11H18O2/c1-4-8-13-11-9(2)6-5-7-10(11)12-3/h5,7,9H,4,6,8H2,1-3H3. The first kappa shape index (κ1) is 10.2. The van der Waals surface area contributed by atoms with Crippen LogP contribution in [0.1, 0.15) is 26.7 Å². The molecule has 0 saturated heterocycles. The van der Waals surface area contributed by atoms with E-state index in [4.69, 9.17) is 9.47 Å². The van der Waals surface area contributed by atoms with E-state index in [0.717, 1.165) is 31.0 Å². The monoisotopic (exact) mass is 182 g/mol. The van der Waals surface area contributed by atoms with E-state index in [0.29, 0.717) is 5.92 Å². The molecule has 0 fully saturated rings. The van der Waals surface area contributed by atoms with E-state index in [2.05, 4.69) is 19.9 Å². The first-order valence-corrected chi connectivity index (χ1v) is 4.87. The first-order valence-electron chi connectivity index (χ1n) is 4.87. The van der Waals surface area contributed by atoms with Crippen LogP contribution >= 0.6 is 0 Å². The van der Waals surface area contributed by atoms with Crippen LogP contribution in [0.5, 0.6) is 0 Å². The molecule has 0 saturated carbocycles. The molecule has 1 aliphatic carbocycles. The van der Waals surface area contributed by atoms with Crippen LogP contribution in [0.4, 0.5) is 0 Å². The zero-order chi connectivity index (χ0) is 9.68. The summed E-state index contributed by atoms with van der Waals surface area (Å²) in [6, 6.07) is 0. The van der Waals surface area contributed by atoms with Gasteiger partial charge in [0.15, 0.2) is 5.76 Å². The molecular weight excluding hydrogens is 164 g/mol. The van der Waals surface area contributed by atoms with Crippen LogP contribution in [0.25, 0.3) is 0 Å². The third kappa shape index (κ3) is 2.51.